The number of carbonyl (C=O) groups excluding carboxylic acids is 5. The van der Waals surface area contributed by atoms with Gasteiger partial charge in [-0.25, -0.2) is 4.85 Å². The highest BCUT2D eigenvalue weighted by molar-refractivity contribution is 6.33. The molecule has 3 aromatic carbocycles. The number of piperidine rings is 3. The summed E-state index contributed by atoms with van der Waals surface area (Å²) in [6.07, 6.45) is 5.34. The Kier molecular flexibility index (Phi) is 10.8. The van der Waals surface area contributed by atoms with E-state index in [0.717, 1.165) is 125 Å². The first-order valence-corrected chi connectivity index (χ1v) is 21.8. The highest BCUT2D eigenvalue weighted by Gasteiger charge is 2.46. The Morgan fingerprint density at radius 2 is 1.47 bits per heavy atom. The number of hydrogen-bond acceptors (Lipinski definition) is 9. The summed E-state index contributed by atoms with van der Waals surface area (Å²) >= 11 is 6.38. The highest BCUT2D eigenvalue weighted by Crippen LogP contribution is 2.46. The number of halogens is 1. The number of benzene rings is 3. The minimum atomic E-state index is -0.966. The molecule has 0 aliphatic carbocycles. The molecule has 60 heavy (non-hydrogen) atoms. The number of carbonyl (C=O) groups is 5. The standard InChI is InChI=1S/C46H51ClN8O5/c1-30-27-46(29-54(30)35-8-10-39(48-2)38(47)26-35)15-19-53(20-16-46)43(58)32-3-5-33(6-4-32)52-23-21-50(22-24-52)28-31-13-17-51(18-14-31)34-7-9-36-37(25-34)45(60)55(44(36)59)40-11-12-41(56)49-42(40)57/h3-10,25-26,30-31,40H,11-24,27-29H2,1H3,(H,49,56,57). The molecule has 5 fully saturated rings. The summed E-state index contributed by atoms with van der Waals surface area (Å²) in [5, 5.41) is 2.75. The van der Waals surface area contributed by atoms with Gasteiger partial charge in [0.1, 0.15) is 6.04 Å². The van der Waals surface area contributed by atoms with E-state index in [1.807, 2.05) is 41.3 Å². The van der Waals surface area contributed by atoms with Crippen LogP contribution in [0.15, 0.2) is 60.7 Å². The molecule has 0 bridgehead atoms. The van der Waals surface area contributed by atoms with Gasteiger partial charge >= 0.3 is 0 Å². The lowest BCUT2D eigenvalue weighted by atomic mass is 9.76. The van der Waals surface area contributed by atoms with E-state index < -0.39 is 23.8 Å². The molecule has 2 atom stereocenters. The van der Waals surface area contributed by atoms with Crippen molar-refractivity contribution in [2.45, 2.75) is 64.0 Å². The molecular weight excluding hydrogens is 780 g/mol. The lowest BCUT2D eigenvalue weighted by Crippen LogP contribution is -2.54. The van der Waals surface area contributed by atoms with Crippen LogP contribution < -0.4 is 20.0 Å². The summed E-state index contributed by atoms with van der Waals surface area (Å²) < 4.78 is 0. The average Bonchev–Trinajstić information content (AvgIpc) is 3.71. The zero-order valence-electron chi connectivity index (χ0n) is 34.1. The molecular formula is C46H51ClN8O5. The van der Waals surface area contributed by atoms with E-state index in [4.69, 9.17) is 18.2 Å². The molecule has 13 nitrogen and oxygen atoms in total. The van der Waals surface area contributed by atoms with Crippen molar-refractivity contribution >= 4 is 63.9 Å². The van der Waals surface area contributed by atoms with Crippen LogP contribution >= 0.6 is 11.6 Å². The molecule has 3 aromatic rings. The first-order valence-electron chi connectivity index (χ1n) is 21.4. The van der Waals surface area contributed by atoms with Gasteiger partial charge in [0.2, 0.25) is 17.5 Å². The van der Waals surface area contributed by atoms with E-state index in [9.17, 15) is 24.0 Å². The fraction of sp³-hybridized carbons (Fsp3) is 0.478. The van der Waals surface area contributed by atoms with Crippen molar-refractivity contribution in [1.82, 2.24) is 20.0 Å². The smallest absolute Gasteiger partial charge is 0.262 e. The SMILES string of the molecule is [C-]#[N+]c1ccc(N2CC3(CCN(C(=O)c4ccc(N5CCN(CC6CCN(c7ccc8c(c7)C(=O)N(C7CCC(=O)NC7=O)C8=O)CC6)CC5)cc4)CC3)CC2C)cc1Cl. The summed E-state index contributed by atoms with van der Waals surface area (Å²) in [4.78, 5) is 80.4. The van der Waals surface area contributed by atoms with Gasteiger partial charge in [-0.15, -0.1) is 0 Å². The number of likely N-dealkylation sites (tertiary alicyclic amines) is 1. The third-order valence-electron chi connectivity index (χ3n) is 14.0. The monoisotopic (exact) mass is 830 g/mol. The molecule has 0 saturated carbocycles. The molecule has 6 heterocycles. The predicted molar refractivity (Wildman–Crippen MR) is 230 cm³/mol. The predicted octanol–water partition coefficient (Wildman–Crippen LogP) is 5.85. The van der Waals surface area contributed by atoms with Gasteiger partial charge in [-0.05, 0) is 111 Å². The number of nitrogens with one attached hydrogen (secondary N) is 1. The minimum absolute atomic E-state index is 0.0971. The van der Waals surface area contributed by atoms with Crippen LogP contribution in [0, 0.1) is 17.9 Å². The van der Waals surface area contributed by atoms with Crippen LogP contribution in [0.4, 0.5) is 22.7 Å². The Morgan fingerprint density at radius 1 is 0.800 bits per heavy atom. The van der Waals surface area contributed by atoms with E-state index in [-0.39, 0.29) is 30.1 Å². The van der Waals surface area contributed by atoms with Crippen molar-refractivity contribution in [3.63, 3.8) is 0 Å². The van der Waals surface area contributed by atoms with Crippen molar-refractivity contribution in [1.29, 1.82) is 0 Å². The van der Waals surface area contributed by atoms with Crippen molar-refractivity contribution in [3.05, 3.63) is 93.8 Å². The van der Waals surface area contributed by atoms with Gasteiger partial charge in [-0.2, -0.15) is 0 Å². The molecule has 6 aliphatic heterocycles. The average molecular weight is 831 g/mol. The van der Waals surface area contributed by atoms with Crippen LogP contribution in [-0.2, 0) is 9.59 Å². The number of imide groups is 2. The maximum absolute atomic E-state index is 13.6. The Balaban J connectivity index is 0.717. The normalized spacial score (nSPS) is 23.6. The maximum Gasteiger partial charge on any atom is 0.262 e. The van der Waals surface area contributed by atoms with Gasteiger partial charge in [-0.3, -0.25) is 39.1 Å². The van der Waals surface area contributed by atoms with E-state index in [0.29, 0.717) is 33.8 Å². The Morgan fingerprint density at radius 3 is 2.15 bits per heavy atom. The molecule has 9 rings (SSSR count). The van der Waals surface area contributed by atoms with Crippen LogP contribution in [0.3, 0.4) is 0 Å². The van der Waals surface area contributed by atoms with Gasteiger partial charge in [0, 0.05) is 106 Å². The summed E-state index contributed by atoms with van der Waals surface area (Å²) in [7, 11) is 0. The number of piperazine rings is 1. The summed E-state index contributed by atoms with van der Waals surface area (Å²) in [6, 6.07) is 18.7. The van der Waals surface area contributed by atoms with Crippen LogP contribution in [0.5, 0.6) is 0 Å². The fourth-order valence-electron chi connectivity index (χ4n) is 10.6. The zero-order valence-corrected chi connectivity index (χ0v) is 34.8. The fourth-order valence-corrected chi connectivity index (χ4v) is 10.8. The quantitative estimate of drug-likeness (QED) is 0.231. The number of anilines is 3. The van der Waals surface area contributed by atoms with Crippen molar-refractivity contribution < 1.29 is 24.0 Å². The number of fused-ring (bicyclic) bond motifs is 1. The summed E-state index contributed by atoms with van der Waals surface area (Å²) in [6.45, 7) is 18.6. The number of hydrogen-bond donors (Lipinski definition) is 1. The van der Waals surface area contributed by atoms with Crippen LogP contribution in [0.25, 0.3) is 4.85 Å². The van der Waals surface area contributed by atoms with Gasteiger partial charge in [-0.1, -0.05) is 17.7 Å². The first kappa shape index (κ1) is 40.0. The second kappa shape index (κ2) is 16.2. The number of nitrogens with zero attached hydrogens (tertiary/aromatic N) is 7. The first-order chi connectivity index (χ1) is 29.0. The van der Waals surface area contributed by atoms with E-state index in [1.165, 1.54) is 0 Å². The van der Waals surface area contributed by atoms with E-state index in [1.54, 1.807) is 12.1 Å². The van der Waals surface area contributed by atoms with Gasteiger partial charge in [0.15, 0.2) is 0 Å². The number of amides is 5. The molecule has 5 amide bonds. The molecule has 0 aromatic heterocycles. The zero-order chi connectivity index (χ0) is 41.7. The topological polar surface area (TPSA) is 121 Å². The second-order valence-corrected chi connectivity index (χ2v) is 18.1. The van der Waals surface area contributed by atoms with E-state index >= 15 is 0 Å². The van der Waals surface area contributed by atoms with Crippen molar-refractivity contribution in [3.8, 4) is 0 Å². The van der Waals surface area contributed by atoms with Crippen molar-refractivity contribution in [2.75, 3.05) is 80.1 Å². The molecule has 2 unspecified atom stereocenters. The minimum Gasteiger partial charge on any atom is -0.371 e. The lowest BCUT2D eigenvalue weighted by Gasteiger charge is -2.40. The van der Waals surface area contributed by atoms with Crippen LogP contribution in [0.2, 0.25) is 5.02 Å². The summed E-state index contributed by atoms with van der Waals surface area (Å²) in [5.74, 6) is -1.27. The third kappa shape index (κ3) is 7.60. The molecule has 312 valence electrons. The van der Waals surface area contributed by atoms with Gasteiger partial charge < -0.3 is 19.6 Å². The highest BCUT2D eigenvalue weighted by atomic mass is 35.5. The summed E-state index contributed by atoms with van der Waals surface area (Å²) in [5.41, 5.74) is 5.13. The second-order valence-electron chi connectivity index (χ2n) is 17.7. The Labute approximate surface area is 356 Å². The molecule has 14 heteroatoms. The molecule has 6 aliphatic rings. The van der Waals surface area contributed by atoms with E-state index in [2.05, 4.69) is 48.8 Å². The van der Waals surface area contributed by atoms with Gasteiger partial charge in [0.05, 0.1) is 17.7 Å². The third-order valence-corrected chi connectivity index (χ3v) is 14.3. The van der Waals surface area contributed by atoms with Crippen LogP contribution in [0.1, 0.15) is 82.9 Å². The molecule has 0 radical (unpaired) electrons. The molecule has 5 saturated heterocycles. The largest absolute Gasteiger partial charge is 0.371 e. The van der Waals surface area contributed by atoms with Gasteiger partial charge in [0.25, 0.3) is 17.7 Å². The van der Waals surface area contributed by atoms with Crippen LogP contribution in [-0.4, -0.2) is 122 Å². The Bertz CT molecular complexity index is 2250. The lowest BCUT2D eigenvalue weighted by molar-refractivity contribution is -0.136. The maximum atomic E-state index is 13.6. The number of rotatable bonds is 7. The molecule has 1 N–H and O–H groups in total. The van der Waals surface area contributed by atoms with Crippen molar-refractivity contribution in [2.24, 2.45) is 11.3 Å². The Hall–Kier alpha value is -5.45. The molecule has 1 spiro atoms.